The van der Waals surface area contributed by atoms with Crippen molar-refractivity contribution in [3.63, 3.8) is 0 Å². The normalized spacial score (nSPS) is 10.6. The Bertz CT molecular complexity index is 594. The van der Waals surface area contributed by atoms with Crippen molar-refractivity contribution in [3.05, 3.63) is 47.5 Å². The first-order valence-corrected chi connectivity index (χ1v) is 5.97. The number of carbonyl (C=O) groups is 1. The van der Waals surface area contributed by atoms with E-state index in [1.807, 2.05) is 13.0 Å². The fourth-order valence-electron chi connectivity index (χ4n) is 1.80. The van der Waals surface area contributed by atoms with E-state index in [0.717, 1.165) is 12.1 Å². The van der Waals surface area contributed by atoms with Crippen LogP contribution >= 0.6 is 0 Å². The summed E-state index contributed by atoms with van der Waals surface area (Å²) in [7, 11) is 0. The van der Waals surface area contributed by atoms with Gasteiger partial charge in [0.05, 0.1) is 0 Å². The first-order valence-electron chi connectivity index (χ1n) is 5.97. The monoisotopic (exact) mass is 262 g/mol. The van der Waals surface area contributed by atoms with Crippen LogP contribution in [-0.2, 0) is 6.54 Å². The second kappa shape index (κ2) is 5.62. The number of aromatic nitrogens is 2. The highest BCUT2D eigenvalue weighted by atomic mass is 19.1. The fourth-order valence-corrected chi connectivity index (χ4v) is 1.80. The number of rotatable bonds is 5. The molecule has 1 aromatic carbocycles. The van der Waals surface area contributed by atoms with E-state index in [9.17, 15) is 9.18 Å². The predicted octanol–water partition coefficient (Wildman–Crippen LogP) is 1.22. The number of hydrogen-bond donors (Lipinski definition) is 2. The predicted molar refractivity (Wildman–Crippen MR) is 69.4 cm³/mol. The van der Waals surface area contributed by atoms with Crippen LogP contribution < -0.4 is 11.1 Å². The van der Waals surface area contributed by atoms with Crippen LogP contribution in [0.2, 0.25) is 0 Å². The van der Waals surface area contributed by atoms with Crippen LogP contribution in [-0.4, -0.2) is 22.2 Å². The molecule has 0 fully saturated rings. The summed E-state index contributed by atoms with van der Waals surface area (Å²) in [6.45, 7) is 3.27. The SMILES string of the molecule is CCNCc1cccc(F)c1-n1ccc(C(N)=O)n1. The molecule has 5 nitrogen and oxygen atoms in total. The molecule has 0 aliphatic carbocycles. The van der Waals surface area contributed by atoms with Gasteiger partial charge >= 0.3 is 0 Å². The average molecular weight is 262 g/mol. The summed E-state index contributed by atoms with van der Waals surface area (Å²) in [6.07, 6.45) is 1.52. The Kier molecular flexibility index (Phi) is 3.91. The van der Waals surface area contributed by atoms with E-state index in [4.69, 9.17) is 5.73 Å². The number of nitrogens with two attached hydrogens (primary N) is 1. The third-order valence-corrected chi connectivity index (χ3v) is 2.71. The van der Waals surface area contributed by atoms with E-state index in [2.05, 4.69) is 10.4 Å². The Hall–Kier alpha value is -2.21. The van der Waals surface area contributed by atoms with Crippen LogP contribution in [0.15, 0.2) is 30.5 Å². The Balaban J connectivity index is 2.44. The molecule has 0 unspecified atom stereocenters. The summed E-state index contributed by atoms with van der Waals surface area (Å²) in [4.78, 5) is 11.0. The van der Waals surface area contributed by atoms with Gasteiger partial charge in [0.15, 0.2) is 0 Å². The summed E-state index contributed by atoms with van der Waals surface area (Å²) in [5.74, 6) is -1.03. The third kappa shape index (κ3) is 2.79. The molecular weight excluding hydrogens is 247 g/mol. The van der Waals surface area contributed by atoms with Gasteiger partial charge in [-0.3, -0.25) is 4.79 Å². The van der Waals surface area contributed by atoms with Gasteiger partial charge in [0.25, 0.3) is 5.91 Å². The third-order valence-electron chi connectivity index (χ3n) is 2.71. The molecule has 0 aliphatic heterocycles. The number of para-hydroxylation sites is 1. The maximum absolute atomic E-state index is 14.0. The van der Waals surface area contributed by atoms with Gasteiger partial charge in [0, 0.05) is 12.7 Å². The highest BCUT2D eigenvalue weighted by Gasteiger charge is 2.13. The highest BCUT2D eigenvalue weighted by Crippen LogP contribution is 2.18. The van der Waals surface area contributed by atoms with Crippen LogP contribution in [0, 0.1) is 5.82 Å². The van der Waals surface area contributed by atoms with Crippen molar-refractivity contribution < 1.29 is 9.18 Å². The zero-order valence-electron chi connectivity index (χ0n) is 10.6. The molecule has 100 valence electrons. The molecule has 0 atom stereocenters. The number of amides is 1. The average Bonchev–Trinajstić information content (AvgIpc) is 2.85. The van der Waals surface area contributed by atoms with Gasteiger partial charge in [-0.25, -0.2) is 9.07 Å². The molecule has 2 rings (SSSR count). The lowest BCUT2D eigenvalue weighted by atomic mass is 10.1. The topological polar surface area (TPSA) is 72.9 Å². The summed E-state index contributed by atoms with van der Waals surface area (Å²) < 4.78 is 15.3. The van der Waals surface area contributed by atoms with Crippen LogP contribution in [0.3, 0.4) is 0 Å². The van der Waals surface area contributed by atoms with Crippen molar-refractivity contribution in [1.82, 2.24) is 15.1 Å². The highest BCUT2D eigenvalue weighted by molar-refractivity contribution is 5.90. The van der Waals surface area contributed by atoms with Gasteiger partial charge < -0.3 is 11.1 Å². The minimum atomic E-state index is -0.636. The number of nitrogens with one attached hydrogen (secondary N) is 1. The van der Waals surface area contributed by atoms with Gasteiger partial charge in [0.1, 0.15) is 17.2 Å². The second-order valence-electron chi connectivity index (χ2n) is 4.04. The van der Waals surface area contributed by atoms with Crippen molar-refractivity contribution >= 4 is 5.91 Å². The zero-order valence-corrected chi connectivity index (χ0v) is 10.6. The Morgan fingerprint density at radius 1 is 1.47 bits per heavy atom. The first kappa shape index (κ1) is 13.2. The van der Waals surface area contributed by atoms with Gasteiger partial charge in [-0.15, -0.1) is 0 Å². The van der Waals surface area contributed by atoms with Crippen molar-refractivity contribution in [2.75, 3.05) is 6.54 Å². The molecule has 19 heavy (non-hydrogen) atoms. The zero-order chi connectivity index (χ0) is 13.8. The van der Waals surface area contributed by atoms with Crippen molar-refractivity contribution in [3.8, 4) is 5.69 Å². The van der Waals surface area contributed by atoms with Crippen molar-refractivity contribution in [2.24, 2.45) is 5.73 Å². The molecule has 0 spiro atoms. The molecule has 0 saturated heterocycles. The van der Waals surface area contributed by atoms with Crippen LogP contribution in [0.25, 0.3) is 5.69 Å². The minimum Gasteiger partial charge on any atom is -0.364 e. The minimum absolute atomic E-state index is 0.109. The number of primary amides is 1. The van der Waals surface area contributed by atoms with Crippen LogP contribution in [0.4, 0.5) is 4.39 Å². The van der Waals surface area contributed by atoms with Gasteiger partial charge in [0.2, 0.25) is 0 Å². The van der Waals surface area contributed by atoms with E-state index in [0.29, 0.717) is 12.2 Å². The van der Waals surface area contributed by atoms with Crippen LogP contribution in [0.1, 0.15) is 23.0 Å². The van der Waals surface area contributed by atoms with Gasteiger partial charge in [-0.1, -0.05) is 19.1 Å². The lowest BCUT2D eigenvalue weighted by molar-refractivity contribution is 0.0995. The smallest absolute Gasteiger partial charge is 0.269 e. The summed E-state index contributed by atoms with van der Waals surface area (Å²) in [5, 5.41) is 7.12. The molecule has 0 radical (unpaired) electrons. The summed E-state index contributed by atoms with van der Waals surface area (Å²) >= 11 is 0. The maximum atomic E-state index is 14.0. The number of nitrogens with zero attached hydrogens (tertiary/aromatic N) is 2. The fraction of sp³-hybridized carbons (Fsp3) is 0.231. The largest absolute Gasteiger partial charge is 0.364 e. The van der Waals surface area contributed by atoms with E-state index in [1.54, 1.807) is 6.07 Å². The number of carbonyl (C=O) groups excluding carboxylic acids is 1. The molecule has 6 heteroatoms. The summed E-state index contributed by atoms with van der Waals surface area (Å²) in [6, 6.07) is 6.28. The standard InChI is InChI=1S/C13H15FN4O/c1-2-16-8-9-4-3-5-10(14)12(9)18-7-6-11(17-18)13(15)19/h3-7,16H,2,8H2,1H3,(H2,15,19). The molecule has 2 aromatic rings. The van der Waals surface area contributed by atoms with E-state index in [1.165, 1.54) is 23.0 Å². The molecular formula is C13H15FN4O. The van der Waals surface area contributed by atoms with Crippen LogP contribution in [0.5, 0.6) is 0 Å². The Morgan fingerprint density at radius 3 is 2.89 bits per heavy atom. The number of hydrogen-bond acceptors (Lipinski definition) is 3. The molecule has 0 bridgehead atoms. The number of benzene rings is 1. The lowest BCUT2D eigenvalue weighted by Crippen LogP contribution is -2.16. The molecule has 0 aliphatic rings. The maximum Gasteiger partial charge on any atom is 0.269 e. The van der Waals surface area contributed by atoms with E-state index >= 15 is 0 Å². The Morgan fingerprint density at radius 2 is 2.26 bits per heavy atom. The second-order valence-corrected chi connectivity index (χ2v) is 4.04. The quantitative estimate of drug-likeness (QED) is 0.851. The molecule has 1 heterocycles. The lowest BCUT2D eigenvalue weighted by Gasteiger charge is -2.10. The van der Waals surface area contributed by atoms with E-state index < -0.39 is 11.7 Å². The van der Waals surface area contributed by atoms with Crippen molar-refractivity contribution in [1.29, 1.82) is 0 Å². The van der Waals surface area contributed by atoms with Gasteiger partial charge in [-0.2, -0.15) is 5.10 Å². The van der Waals surface area contributed by atoms with E-state index in [-0.39, 0.29) is 5.69 Å². The molecule has 3 N–H and O–H groups in total. The summed E-state index contributed by atoms with van der Waals surface area (Å²) in [5.41, 5.74) is 6.34. The number of halogens is 1. The first-order chi connectivity index (χ1) is 9.13. The Labute approximate surface area is 110 Å². The van der Waals surface area contributed by atoms with Gasteiger partial charge in [-0.05, 0) is 24.2 Å². The molecule has 0 saturated carbocycles. The molecule has 1 aromatic heterocycles. The van der Waals surface area contributed by atoms with Crippen molar-refractivity contribution in [2.45, 2.75) is 13.5 Å². The molecule has 1 amide bonds.